The molecule has 0 bridgehead atoms. The summed E-state index contributed by atoms with van der Waals surface area (Å²) in [6.45, 7) is 1.55. The van der Waals surface area contributed by atoms with Crippen molar-refractivity contribution in [1.29, 1.82) is 0 Å². The van der Waals surface area contributed by atoms with Crippen LogP contribution < -0.4 is 11.5 Å². The third-order valence-corrected chi connectivity index (χ3v) is 2.35. The zero-order chi connectivity index (χ0) is 10.4. The lowest BCUT2D eigenvalue weighted by molar-refractivity contribution is 0.109. The highest BCUT2D eigenvalue weighted by molar-refractivity contribution is 9.10. The second-order valence-corrected chi connectivity index (χ2v) is 4.05. The summed E-state index contributed by atoms with van der Waals surface area (Å²) in [6.07, 6.45) is 0. The van der Waals surface area contributed by atoms with Crippen LogP contribution in [-0.4, -0.2) is 19.2 Å². The summed E-state index contributed by atoms with van der Waals surface area (Å²) in [5.74, 6) is 0. The van der Waals surface area contributed by atoms with Gasteiger partial charge in [0.05, 0.1) is 13.2 Å². The number of hydrogen-bond donors (Lipinski definition) is 2. The molecule has 14 heavy (non-hydrogen) atoms. The first kappa shape index (κ1) is 11.7. The monoisotopic (exact) mass is 258 g/mol. The molecule has 1 aromatic carbocycles. The highest BCUT2D eigenvalue weighted by Gasteiger charge is 1.99. The van der Waals surface area contributed by atoms with E-state index in [2.05, 4.69) is 15.9 Å². The second-order valence-electron chi connectivity index (χ2n) is 3.14. The summed E-state index contributed by atoms with van der Waals surface area (Å²) in [4.78, 5) is 0. The van der Waals surface area contributed by atoms with Gasteiger partial charge in [0.15, 0.2) is 0 Å². The molecular weight excluding hydrogens is 244 g/mol. The van der Waals surface area contributed by atoms with E-state index in [1.54, 1.807) is 0 Å². The minimum Gasteiger partial charge on any atom is -0.375 e. The van der Waals surface area contributed by atoms with Crippen LogP contribution in [0.25, 0.3) is 0 Å². The lowest BCUT2D eigenvalue weighted by atomic mass is 10.2. The van der Waals surface area contributed by atoms with Gasteiger partial charge in [0, 0.05) is 17.1 Å². The Hall–Kier alpha value is -0.420. The van der Waals surface area contributed by atoms with Crippen molar-refractivity contribution in [2.24, 2.45) is 11.5 Å². The van der Waals surface area contributed by atoms with Crippen LogP contribution in [0, 0.1) is 0 Å². The molecule has 4 N–H and O–H groups in total. The van der Waals surface area contributed by atoms with Crippen LogP contribution in [0.1, 0.15) is 5.56 Å². The summed E-state index contributed by atoms with van der Waals surface area (Å²) < 4.78 is 6.46. The summed E-state index contributed by atoms with van der Waals surface area (Å²) in [5, 5.41) is 0. The predicted octanol–water partition coefficient (Wildman–Crippen LogP) is 1.25. The maximum atomic E-state index is 5.60. The van der Waals surface area contributed by atoms with Crippen molar-refractivity contribution in [3.8, 4) is 0 Å². The Morgan fingerprint density at radius 1 is 1.29 bits per heavy atom. The topological polar surface area (TPSA) is 61.3 Å². The number of hydrogen-bond acceptors (Lipinski definition) is 3. The lowest BCUT2D eigenvalue weighted by Gasteiger charge is -2.09. The van der Waals surface area contributed by atoms with Crippen molar-refractivity contribution in [1.82, 2.24) is 0 Å². The molecule has 0 aromatic heterocycles. The molecule has 3 nitrogen and oxygen atoms in total. The van der Waals surface area contributed by atoms with E-state index in [0.717, 1.165) is 10.0 Å². The number of ether oxygens (including phenoxy) is 1. The number of nitrogens with two attached hydrogens (primary N) is 2. The summed E-state index contributed by atoms with van der Waals surface area (Å²) >= 11 is 3.37. The third kappa shape index (κ3) is 4.19. The van der Waals surface area contributed by atoms with E-state index >= 15 is 0 Å². The third-order valence-electron chi connectivity index (χ3n) is 1.82. The molecule has 0 unspecified atom stereocenters. The molecule has 0 fully saturated rings. The van der Waals surface area contributed by atoms with Crippen molar-refractivity contribution in [3.63, 3.8) is 0 Å². The molecule has 1 atom stereocenters. The Morgan fingerprint density at radius 3 is 2.50 bits per heavy atom. The Morgan fingerprint density at radius 2 is 1.93 bits per heavy atom. The molecule has 0 saturated carbocycles. The summed E-state index contributed by atoms with van der Waals surface area (Å²) in [6, 6.07) is 7.93. The minimum absolute atomic E-state index is 0.0644. The summed E-state index contributed by atoms with van der Waals surface area (Å²) in [7, 11) is 0. The van der Waals surface area contributed by atoms with E-state index in [-0.39, 0.29) is 6.04 Å². The molecule has 78 valence electrons. The summed E-state index contributed by atoms with van der Waals surface area (Å²) in [5.41, 5.74) is 12.1. The van der Waals surface area contributed by atoms with Gasteiger partial charge in [-0.3, -0.25) is 0 Å². The average molecular weight is 259 g/mol. The van der Waals surface area contributed by atoms with Crippen LogP contribution in [0.2, 0.25) is 0 Å². The quantitative estimate of drug-likeness (QED) is 0.836. The van der Waals surface area contributed by atoms with Gasteiger partial charge in [0.2, 0.25) is 0 Å². The molecule has 0 aliphatic heterocycles. The Kier molecular flexibility index (Phi) is 5.11. The van der Waals surface area contributed by atoms with Crippen molar-refractivity contribution < 1.29 is 4.74 Å². The van der Waals surface area contributed by atoms with Crippen LogP contribution in [0.5, 0.6) is 0 Å². The Balaban J connectivity index is 2.28. The molecule has 0 aliphatic rings. The first-order valence-electron chi connectivity index (χ1n) is 4.50. The molecule has 0 heterocycles. The fourth-order valence-electron chi connectivity index (χ4n) is 0.977. The number of benzene rings is 1. The fraction of sp³-hybridized carbons (Fsp3) is 0.400. The van der Waals surface area contributed by atoms with E-state index in [1.165, 1.54) is 0 Å². The normalized spacial score (nSPS) is 12.8. The van der Waals surface area contributed by atoms with Crippen LogP contribution in [0.4, 0.5) is 0 Å². The van der Waals surface area contributed by atoms with Gasteiger partial charge < -0.3 is 16.2 Å². The SMILES string of the molecule is NC[C@H](N)COCc1ccc(Br)cc1. The number of halogens is 1. The maximum absolute atomic E-state index is 5.60. The largest absolute Gasteiger partial charge is 0.375 e. The van der Waals surface area contributed by atoms with E-state index in [1.807, 2.05) is 24.3 Å². The first-order valence-corrected chi connectivity index (χ1v) is 5.29. The molecule has 0 amide bonds. The van der Waals surface area contributed by atoms with E-state index < -0.39 is 0 Å². The molecule has 0 aliphatic carbocycles. The first-order chi connectivity index (χ1) is 6.72. The maximum Gasteiger partial charge on any atom is 0.0717 e. The Bertz CT molecular complexity index is 263. The van der Waals surface area contributed by atoms with Gasteiger partial charge in [-0.2, -0.15) is 0 Å². The van der Waals surface area contributed by atoms with Gasteiger partial charge in [-0.15, -0.1) is 0 Å². The molecule has 1 rings (SSSR count). The molecular formula is C10H15BrN2O. The number of rotatable bonds is 5. The minimum atomic E-state index is -0.0644. The van der Waals surface area contributed by atoms with Crippen molar-refractivity contribution in [2.45, 2.75) is 12.6 Å². The van der Waals surface area contributed by atoms with Crippen molar-refractivity contribution in [3.05, 3.63) is 34.3 Å². The predicted molar refractivity (Wildman–Crippen MR) is 60.8 cm³/mol. The molecule has 0 radical (unpaired) electrons. The van der Waals surface area contributed by atoms with Crippen LogP contribution in [-0.2, 0) is 11.3 Å². The van der Waals surface area contributed by atoms with Crippen LogP contribution >= 0.6 is 15.9 Å². The lowest BCUT2D eigenvalue weighted by Crippen LogP contribution is -2.34. The van der Waals surface area contributed by atoms with Gasteiger partial charge in [-0.05, 0) is 17.7 Å². The van der Waals surface area contributed by atoms with Crippen molar-refractivity contribution in [2.75, 3.05) is 13.2 Å². The fourth-order valence-corrected chi connectivity index (χ4v) is 1.24. The molecule has 1 aromatic rings. The molecule has 0 spiro atoms. The molecule has 0 saturated heterocycles. The van der Waals surface area contributed by atoms with E-state index in [9.17, 15) is 0 Å². The standard InChI is InChI=1S/C10H15BrN2O/c11-9-3-1-8(2-4-9)6-14-7-10(13)5-12/h1-4,10H,5-7,12-13H2/t10-/m0/s1. The highest BCUT2D eigenvalue weighted by Crippen LogP contribution is 2.10. The van der Waals surface area contributed by atoms with Gasteiger partial charge in [-0.25, -0.2) is 0 Å². The zero-order valence-corrected chi connectivity index (χ0v) is 9.53. The van der Waals surface area contributed by atoms with Crippen molar-refractivity contribution >= 4 is 15.9 Å². The smallest absolute Gasteiger partial charge is 0.0717 e. The van der Waals surface area contributed by atoms with Gasteiger partial charge in [0.25, 0.3) is 0 Å². The highest BCUT2D eigenvalue weighted by atomic mass is 79.9. The second kappa shape index (κ2) is 6.14. The van der Waals surface area contributed by atoms with Gasteiger partial charge >= 0.3 is 0 Å². The Labute approximate surface area is 92.6 Å². The van der Waals surface area contributed by atoms with E-state index in [4.69, 9.17) is 16.2 Å². The van der Waals surface area contributed by atoms with Crippen LogP contribution in [0.15, 0.2) is 28.7 Å². The van der Waals surface area contributed by atoms with Gasteiger partial charge in [0.1, 0.15) is 0 Å². The van der Waals surface area contributed by atoms with E-state index in [0.29, 0.717) is 19.8 Å². The molecule has 4 heteroatoms. The van der Waals surface area contributed by atoms with Crippen LogP contribution in [0.3, 0.4) is 0 Å². The van der Waals surface area contributed by atoms with Gasteiger partial charge in [-0.1, -0.05) is 28.1 Å². The average Bonchev–Trinajstić information content (AvgIpc) is 2.21. The zero-order valence-electron chi connectivity index (χ0n) is 7.95.